The first-order valence-electron chi connectivity index (χ1n) is 6.05. The number of rotatable bonds is 5. The van der Waals surface area contributed by atoms with Crippen LogP contribution < -0.4 is 10.6 Å². The molecule has 0 amide bonds. The Labute approximate surface area is 105 Å². The molecule has 92 valence electrons. The van der Waals surface area contributed by atoms with E-state index in [-0.39, 0.29) is 5.28 Å². The first kappa shape index (κ1) is 11.0. The highest BCUT2D eigenvalue weighted by Crippen LogP contribution is 2.61. The summed E-state index contributed by atoms with van der Waals surface area (Å²) in [6.45, 7) is 0.959. The molecule has 5 nitrogen and oxygen atoms in total. The van der Waals surface area contributed by atoms with Gasteiger partial charge in [0.15, 0.2) is 0 Å². The Hall–Kier alpha value is -1.10. The van der Waals surface area contributed by atoms with Crippen LogP contribution >= 0.6 is 11.6 Å². The summed E-state index contributed by atoms with van der Waals surface area (Å²) in [5, 5.41) is 6.39. The molecule has 0 aromatic carbocycles. The third-order valence-corrected chi connectivity index (χ3v) is 3.93. The van der Waals surface area contributed by atoms with Crippen LogP contribution in [0.4, 0.5) is 11.9 Å². The van der Waals surface area contributed by atoms with E-state index in [1.54, 1.807) is 7.05 Å². The molecule has 0 bridgehead atoms. The van der Waals surface area contributed by atoms with Crippen molar-refractivity contribution < 1.29 is 0 Å². The summed E-state index contributed by atoms with van der Waals surface area (Å²) < 4.78 is 0. The van der Waals surface area contributed by atoms with Crippen LogP contribution in [0.2, 0.25) is 5.28 Å². The predicted octanol–water partition coefficient (Wildman–Crippen LogP) is 2.17. The Morgan fingerprint density at radius 3 is 2.53 bits per heavy atom. The second-order valence-corrected chi connectivity index (χ2v) is 5.33. The minimum absolute atomic E-state index is 0.225. The Kier molecular flexibility index (Phi) is 2.58. The van der Waals surface area contributed by atoms with Crippen LogP contribution in [0.5, 0.6) is 0 Å². The lowest BCUT2D eigenvalue weighted by molar-refractivity contribution is 0.465. The smallest absolute Gasteiger partial charge is 0.228 e. The van der Waals surface area contributed by atoms with E-state index in [1.807, 2.05) is 0 Å². The lowest BCUT2D eigenvalue weighted by Crippen LogP contribution is -2.19. The molecular formula is C11H16ClN5. The van der Waals surface area contributed by atoms with Gasteiger partial charge in [0, 0.05) is 13.6 Å². The average Bonchev–Trinajstić information content (AvgIpc) is 3.15. The van der Waals surface area contributed by atoms with Crippen LogP contribution in [0.25, 0.3) is 0 Å². The van der Waals surface area contributed by atoms with Crippen LogP contribution in [0.3, 0.4) is 0 Å². The van der Waals surface area contributed by atoms with Crippen molar-refractivity contribution in [3.05, 3.63) is 5.28 Å². The van der Waals surface area contributed by atoms with E-state index >= 15 is 0 Å². The molecule has 2 N–H and O–H groups in total. The third kappa shape index (κ3) is 2.29. The molecule has 0 aliphatic heterocycles. The third-order valence-electron chi connectivity index (χ3n) is 3.77. The fourth-order valence-corrected chi connectivity index (χ4v) is 2.54. The number of aromatic nitrogens is 3. The van der Waals surface area contributed by atoms with Gasteiger partial charge in [0.05, 0.1) is 0 Å². The van der Waals surface area contributed by atoms with Crippen molar-refractivity contribution in [2.24, 2.45) is 11.3 Å². The maximum atomic E-state index is 5.83. The molecule has 0 spiro atoms. The monoisotopic (exact) mass is 253 g/mol. The van der Waals surface area contributed by atoms with Gasteiger partial charge in [-0.2, -0.15) is 15.0 Å². The van der Waals surface area contributed by atoms with E-state index in [0.29, 0.717) is 17.3 Å². The van der Waals surface area contributed by atoms with Crippen molar-refractivity contribution in [3.63, 3.8) is 0 Å². The van der Waals surface area contributed by atoms with Crippen molar-refractivity contribution in [3.8, 4) is 0 Å². The van der Waals surface area contributed by atoms with E-state index < -0.39 is 0 Å². The summed E-state index contributed by atoms with van der Waals surface area (Å²) in [5.74, 6) is 2.00. The molecule has 1 aromatic rings. The molecule has 1 aromatic heterocycles. The van der Waals surface area contributed by atoms with Gasteiger partial charge >= 0.3 is 0 Å². The van der Waals surface area contributed by atoms with Crippen molar-refractivity contribution in [2.75, 3.05) is 24.2 Å². The lowest BCUT2D eigenvalue weighted by atomic mass is 10.0. The second-order valence-electron chi connectivity index (χ2n) is 4.99. The molecule has 3 rings (SSSR count). The molecule has 2 aliphatic rings. The second kappa shape index (κ2) is 3.98. The molecule has 2 fully saturated rings. The van der Waals surface area contributed by atoms with Gasteiger partial charge in [-0.3, -0.25) is 0 Å². The molecule has 0 radical (unpaired) electrons. The van der Waals surface area contributed by atoms with Gasteiger partial charge in [0.1, 0.15) is 0 Å². The maximum absolute atomic E-state index is 5.83. The quantitative estimate of drug-likeness (QED) is 0.842. The van der Waals surface area contributed by atoms with Gasteiger partial charge in [-0.05, 0) is 48.6 Å². The molecule has 17 heavy (non-hydrogen) atoms. The molecular weight excluding hydrogens is 238 g/mol. The van der Waals surface area contributed by atoms with Crippen molar-refractivity contribution in [1.82, 2.24) is 15.0 Å². The molecule has 2 saturated carbocycles. The molecule has 0 unspecified atom stereocenters. The summed E-state index contributed by atoms with van der Waals surface area (Å²) in [6.07, 6.45) is 5.45. The SMILES string of the molecule is CNc1nc(Cl)nc(NCC2(C3CC3)CC2)n1. The predicted molar refractivity (Wildman–Crippen MR) is 67.3 cm³/mol. The van der Waals surface area contributed by atoms with Crippen molar-refractivity contribution in [1.29, 1.82) is 0 Å². The number of hydrogen-bond donors (Lipinski definition) is 2. The van der Waals surface area contributed by atoms with Crippen LogP contribution in [0.1, 0.15) is 25.7 Å². The van der Waals surface area contributed by atoms with Crippen LogP contribution in [-0.2, 0) is 0 Å². The van der Waals surface area contributed by atoms with E-state index in [1.165, 1.54) is 25.7 Å². The molecule has 0 saturated heterocycles. The number of halogens is 1. The van der Waals surface area contributed by atoms with Gasteiger partial charge in [-0.15, -0.1) is 0 Å². The minimum Gasteiger partial charge on any atom is -0.357 e. The van der Waals surface area contributed by atoms with Crippen molar-refractivity contribution in [2.45, 2.75) is 25.7 Å². The summed E-state index contributed by atoms with van der Waals surface area (Å²) in [7, 11) is 1.77. The maximum Gasteiger partial charge on any atom is 0.228 e. The summed E-state index contributed by atoms with van der Waals surface area (Å²) >= 11 is 5.83. The zero-order valence-corrected chi connectivity index (χ0v) is 10.6. The zero-order valence-electron chi connectivity index (χ0n) is 9.83. The molecule has 2 aliphatic carbocycles. The Bertz CT molecular complexity index is 428. The Balaban J connectivity index is 1.66. The van der Waals surface area contributed by atoms with E-state index in [2.05, 4.69) is 25.6 Å². The Morgan fingerprint density at radius 2 is 1.94 bits per heavy atom. The first-order valence-corrected chi connectivity index (χ1v) is 6.43. The highest BCUT2D eigenvalue weighted by molar-refractivity contribution is 6.28. The lowest BCUT2D eigenvalue weighted by Gasteiger charge is -2.15. The number of nitrogens with one attached hydrogen (secondary N) is 2. The van der Waals surface area contributed by atoms with Gasteiger partial charge in [-0.1, -0.05) is 0 Å². The summed E-state index contributed by atoms with van der Waals surface area (Å²) in [4.78, 5) is 12.3. The summed E-state index contributed by atoms with van der Waals surface area (Å²) in [5.41, 5.74) is 0.527. The standard InChI is InChI=1S/C11H16ClN5/c1-13-9-15-8(12)16-10(17-9)14-6-11(4-5-11)7-2-3-7/h7H,2-6H2,1H3,(H2,13,14,15,16,17). The van der Waals surface area contributed by atoms with Gasteiger partial charge in [-0.25, -0.2) is 0 Å². The number of anilines is 2. The van der Waals surface area contributed by atoms with Gasteiger partial charge < -0.3 is 10.6 Å². The van der Waals surface area contributed by atoms with Crippen LogP contribution in [-0.4, -0.2) is 28.5 Å². The highest BCUT2D eigenvalue weighted by Gasteiger charge is 2.53. The largest absolute Gasteiger partial charge is 0.357 e. The molecule has 1 heterocycles. The van der Waals surface area contributed by atoms with Crippen LogP contribution in [0.15, 0.2) is 0 Å². The first-order chi connectivity index (χ1) is 8.22. The fraction of sp³-hybridized carbons (Fsp3) is 0.727. The zero-order chi connectivity index (χ0) is 11.9. The van der Waals surface area contributed by atoms with E-state index in [4.69, 9.17) is 11.6 Å². The van der Waals surface area contributed by atoms with E-state index in [0.717, 1.165) is 12.5 Å². The summed E-state index contributed by atoms with van der Waals surface area (Å²) in [6, 6.07) is 0. The Morgan fingerprint density at radius 1 is 1.24 bits per heavy atom. The number of nitrogens with zero attached hydrogens (tertiary/aromatic N) is 3. The topological polar surface area (TPSA) is 62.7 Å². The van der Waals surface area contributed by atoms with Gasteiger partial charge in [0.2, 0.25) is 17.2 Å². The number of hydrogen-bond acceptors (Lipinski definition) is 5. The molecule has 6 heteroatoms. The highest BCUT2D eigenvalue weighted by atomic mass is 35.5. The minimum atomic E-state index is 0.225. The van der Waals surface area contributed by atoms with E-state index in [9.17, 15) is 0 Å². The average molecular weight is 254 g/mol. The fourth-order valence-electron chi connectivity index (χ4n) is 2.38. The molecule has 0 atom stereocenters. The normalized spacial score (nSPS) is 21.1. The van der Waals surface area contributed by atoms with Crippen LogP contribution in [0, 0.1) is 11.3 Å². The van der Waals surface area contributed by atoms with Crippen molar-refractivity contribution >= 4 is 23.5 Å². The van der Waals surface area contributed by atoms with Gasteiger partial charge in [0.25, 0.3) is 0 Å².